The van der Waals surface area contributed by atoms with Crippen LogP contribution in [0.15, 0.2) is 4.99 Å². The maximum atomic E-state index is 5.29. The predicted octanol–water partition coefficient (Wildman–Crippen LogP) is 2.55. The van der Waals surface area contributed by atoms with E-state index in [-0.39, 0.29) is 0 Å². The number of rotatable bonds is 7. The van der Waals surface area contributed by atoms with Gasteiger partial charge in [-0.15, -0.1) is 0 Å². The quantitative estimate of drug-likeness (QED) is 0.557. The number of nitrogens with zero attached hydrogens (tertiary/aromatic N) is 1. The number of guanidine groups is 1. The summed E-state index contributed by atoms with van der Waals surface area (Å²) in [7, 11) is 1.80. The van der Waals surface area contributed by atoms with Crippen molar-refractivity contribution in [3.8, 4) is 0 Å². The molecule has 2 fully saturated rings. The van der Waals surface area contributed by atoms with Gasteiger partial charge in [0, 0.05) is 32.8 Å². The normalized spacial score (nSPS) is 28.4. The lowest BCUT2D eigenvalue weighted by atomic mass is 9.83. The van der Waals surface area contributed by atoms with Gasteiger partial charge in [-0.25, -0.2) is 0 Å². The van der Waals surface area contributed by atoms with E-state index in [1.54, 1.807) is 7.11 Å². The Labute approximate surface area is 123 Å². The first kappa shape index (κ1) is 15.6. The zero-order chi connectivity index (χ0) is 14.4. The minimum atomic E-state index is 0.382. The van der Waals surface area contributed by atoms with Crippen molar-refractivity contribution >= 4 is 5.96 Å². The Hall–Kier alpha value is -0.770. The van der Waals surface area contributed by atoms with Crippen LogP contribution in [-0.2, 0) is 4.74 Å². The largest absolute Gasteiger partial charge is 0.385 e. The predicted molar refractivity (Wildman–Crippen MR) is 84.1 cm³/mol. The van der Waals surface area contributed by atoms with Crippen LogP contribution in [0.5, 0.6) is 0 Å². The summed E-state index contributed by atoms with van der Waals surface area (Å²) in [5, 5.41) is 6.93. The number of nitrogens with one attached hydrogen (secondary N) is 2. The van der Waals surface area contributed by atoms with Gasteiger partial charge in [-0.2, -0.15) is 0 Å². The minimum absolute atomic E-state index is 0.382. The Morgan fingerprint density at radius 2 is 2.05 bits per heavy atom. The summed E-state index contributed by atoms with van der Waals surface area (Å²) in [6.45, 7) is 7.14. The lowest BCUT2D eigenvalue weighted by Gasteiger charge is -2.27. The molecule has 20 heavy (non-hydrogen) atoms. The fraction of sp³-hybridized carbons (Fsp3) is 0.938. The molecule has 2 saturated carbocycles. The molecule has 2 unspecified atom stereocenters. The molecule has 0 amide bonds. The van der Waals surface area contributed by atoms with Crippen molar-refractivity contribution in [3.05, 3.63) is 0 Å². The lowest BCUT2D eigenvalue weighted by molar-refractivity contribution is 0.141. The van der Waals surface area contributed by atoms with Crippen molar-refractivity contribution < 1.29 is 4.74 Å². The molecule has 4 heteroatoms. The van der Waals surface area contributed by atoms with Crippen LogP contribution in [0.3, 0.4) is 0 Å². The lowest BCUT2D eigenvalue weighted by Crippen LogP contribution is -2.40. The first-order valence-corrected chi connectivity index (χ1v) is 8.23. The number of hydrogen-bond donors (Lipinski definition) is 2. The molecule has 0 saturated heterocycles. The van der Waals surface area contributed by atoms with Crippen LogP contribution in [0.1, 0.15) is 52.4 Å². The molecule has 2 N–H and O–H groups in total. The van der Waals surface area contributed by atoms with E-state index in [1.807, 2.05) is 0 Å². The summed E-state index contributed by atoms with van der Waals surface area (Å²) >= 11 is 0. The number of aliphatic imine (C=N–C) groups is 1. The van der Waals surface area contributed by atoms with Crippen LogP contribution in [0.4, 0.5) is 0 Å². The van der Waals surface area contributed by atoms with E-state index in [1.165, 1.54) is 32.1 Å². The second kappa shape index (κ2) is 7.30. The topological polar surface area (TPSA) is 45.7 Å². The van der Waals surface area contributed by atoms with E-state index in [2.05, 4.69) is 24.5 Å². The maximum Gasteiger partial charge on any atom is 0.191 e. The van der Waals surface area contributed by atoms with Gasteiger partial charge in [0.1, 0.15) is 0 Å². The first-order valence-electron chi connectivity index (χ1n) is 8.23. The zero-order valence-electron chi connectivity index (χ0n) is 13.4. The molecule has 0 bridgehead atoms. The molecule has 4 nitrogen and oxygen atoms in total. The van der Waals surface area contributed by atoms with Crippen LogP contribution >= 0.6 is 0 Å². The van der Waals surface area contributed by atoms with Gasteiger partial charge in [0.05, 0.1) is 0 Å². The average molecular weight is 281 g/mol. The highest BCUT2D eigenvalue weighted by molar-refractivity contribution is 5.80. The molecule has 2 aliphatic rings. The fourth-order valence-corrected chi connectivity index (χ4v) is 3.20. The molecule has 2 aliphatic carbocycles. The molecule has 116 valence electrons. The molecule has 2 rings (SSSR count). The van der Waals surface area contributed by atoms with E-state index >= 15 is 0 Å². The van der Waals surface area contributed by atoms with Crippen LogP contribution in [0, 0.1) is 11.3 Å². The molecule has 0 aromatic heterocycles. The summed E-state index contributed by atoms with van der Waals surface area (Å²) in [4.78, 5) is 4.87. The third kappa shape index (κ3) is 4.37. The van der Waals surface area contributed by atoms with E-state index in [4.69, 9.17) is 9.73 Å². The summed E-state index contributed by atoms with van der Waals surface area (Å²) in [5.41, 5.74) is 0.382. The summed E-state index contributed by atoms with van der Waals surface area (Å²) in [5.74, 6) is 1.80. The smallest absolute Gasteiger partial charge is 0.191 e. The molecule has 2 atom stereocenters. The van der Waals surface area contributed by atoms with Gasteiger partial charge < -0.3 is 15.4 Å². The number of ether oxygens (including phenoxy) is 1. The highest BCUT2D eigenvalue weighted by Gasteiger charge is 2.35. The molecular formula is C16H31N3O. The zero-order valence-corrected chi connectivity index (χ0v) is 13.4. The molecule has 0 radical (unpaired) electrons. The maximum absolute atomic E-state index is 5.29. The van der Waals surface area contributed by atoms with E-state index in [0.717, 1.165) is 38.0 Å². The Bertz CT molecular complexity index is 324. The third-order valence-electron chi connectivity index (χ3n) is 4.85. The van der Waals surface area contributed by atoms with E-state index in [9.17, 15) is 0 Å². The second-order valence-electron chi connectivity index (χ2n) is 6.61. The molecule has 0 heterocycles. The van der Waals surface area contributed by atoms with Crippen molar-refractivity contribution in [3.63, 3.8) is 0 Å². The van der Waals surface area contributed by atoms with Gasteiger partial charge in [-0.1, -0.05) is 19.8 Å². The van der Waals surface area contributed by atoms with Gasteiger partial charge in [0.2, 0.25) is 0 Å². The van der Waals surface area contributed by atoms with Gasteiger partial charge in [0.25, 0.3) is 0 Å². The van der Waals surface area contributed by atoms with Crippen LogP contribution in [0.25, 0.3) is 0 Å². The van der Waals surface area contributed by atoms with Crippen molar-refractivity contribution in [1.82, 2.24) is 10.6 Å². The number of hydrogen-bond acceptors (Lipinski definition) is 2. The molecule has 0 aliphatic heterocycles. The molecule has 0 aromatic carbocycles. The van der Waals surface area contributed by atoms with Gasteiger partial charge >= 0.3 is 0 Å². The van der Waals surface area contributed by atoms with Crippen molar-refractivity contribution in [2.45, 2.75) is 58.4 Å². The Balaban J connectivity index is 1.90. The Morgan fingerprint density at radius 1 is 1.35 bits per heavy atom. The van der Waals surface area contributed by atoms with Crippen LogP contribution in [-0.4, -0.2) is 38.8 Å². The Morgan fingerprint density at radius 3 is 2.60 bits per heavy atom. The van der Waals surface area contributed by atoms with Crippen molar-refractivity contribution in [1.29, 1.82) is 0 Å². The monoisotopic (exact) mass is 281 g/mol. The SMILES string of the molecule is CCNC(=NCC1(CCOC)CCCC1)NC1CC1C. The average Bonchev–Trinajstić information content (AvgIpc) is 2.94. The van der Waals surface area contributed by atoms with Crippen LogP contribution < -0.4 is 10.6 Å². The van der Waals surface area contributed by atoms with Crippen molar-refractivity contribution in [2.24, 2.45) is 16.3 Å². The second-order valence-corrected chi connectivity index (χ2v) is 6.61. The van der Waals surface area contributed by atoms with Gasteiger partial charge in [-0.05, 0) is 43.9 Å². The molecule has 0 aromatic rings. The third-order valence-corrected chi connectivity index (χ3v) is 4.85. The fourth-order valence-electron chi connectivity index (χ4n) is 3.20. The molecular weight excluding hydrogens is 250 g/mol. The van der Waals surface area contributed by atoms with Gasteiger partial charge in [0.15, 0.2) is 5.96 Å². The van der Waals surface area contributed by atoms with E-state index < -0.39 is 0 Å². The highest BCUT2D eigenvalue weighted by atomic mass is 16.5. The summed E-state index contributed by atoms with van der Waals surface area (Å²) < 4.78 is 5.29. The minimum Gasteiger partial charge on any atom is -0.385 e. The Kier molecular flexibility index (Phi) is 5.70. The standard InChI is InChI=1S/C16H31N3O/c1-4-17-15(19-14-11-13(14)2)18-12-16(9-10-20-3)7-5-6-8-16/h13-14H,4-12H2,1-3H3,(H2,17,18,19). The van der Waals surface area contributed by atoms with Crippen LogP contribution in [0.2, 0.25) is 0 Å². The summed E-state index contributed by atoms with van der Waals surface area (Å²) in [6.07, 6.45) is 7.73. The summed E-state index contributed by atoms with van der Waals surface area (Å²) in [6, 6.07) is 0.631. The van der Waals surface area contributed by atoms with E-state index in [0.29, 0.717) is 11.5 Å². The number of methoxy groups -OCH3 is 1. The van der Waals surface area contributed by atoms with Crippen molar-refractivity contribution in [2.75, 3.05) is 26.8 Å². The van der Waals surface area contributed by atoms with Gasteiger partial charge in [-0.3, -0.25) is 4.99 Å². The molecule has 0 spiro atoms. The highest BCUT2D eigenvalue weighted by Crippen LogP contribution is 2.41. The first-order chi connectivity index (χ1) is 9.69.